The Morgan fingerprint density at radius 1 is 1.67 bits per heavy atom. The molecule has 68 valence electrons. The third kappa shape index (κ3) is 3.25. The minimum atomic E-state index is 0.203. The van der Waals surface area contributed by atoms with Gasteiger partial charge in [-0.1, -0.05) is 12.3 Å². The Kier molecular flexibility index (Phi) is 4.13. The monoisotopic (exact) mass is 166 g/mol. The van der Waals surface area contributed by atoms with Gasteiger partial charge in [0.15, 0.2) is 0 Å². The van der Waals surface area contributed by atoms with E-state index in [0.29, 0.717) is 6.04 Å². The molecule has 2 heteroatoms. The van der Waals surface area contributed by atoms with Gasteiger partial charge in [-0.05, 0) is 26.3 Å². The van der Waals surface area contributed by atoms with Crippen molar-refractivity contribution in [2.75, 3.05) is 13.1 Å². The molecule has 1 aliphatic rings. The minimum Gasteiger partial charge on any atom is -0.313 e. The standard InChI is InChI=1S/C10H18N2/c1-3-9(2)12-8-10-6-4-5-7-11-10/h1,9-12H,4-8H2,2H3. The Balaban J connectivity index is 2.10. The number of hydrogen-bond donors (Lipinski definition) is 2. The normalized spacial score (nSPS) is 26.2. The highest BCUT2D eigenvalue weighted by Gasteiger charge is 2.11. The van der Waals surface area contributed by atoms with Crippen molar-refractivity contribution < 1.29 is 0 Å². The van der Waals surface area contributed by atoms with Gasteiger partial charge < -0.3 is 10.6 Å². The molecule has 0 aromatic heterocycles. The molecular formula is C10H18N2. The summed E-state index contributed by atoms with van der Waals surface area (Å²) < 4.78 is 0. The quantitative estimate of drug-likeness (QED) is 0.604. The van der Waals surface area contributed by atoms with Crippen LogP contribution in [0.5, 0.6) is 0 Å². The lowest BCUT2D eigenvalue weighted by Gasteiger charge is -2.24. The molecule has 2 N–H and O–H groups in total. The van der Waals surface area contributed by atoms with Crippen LogP contribution in [-0.2, 0) is 0 Å². The highest BCUT2D eigenvalue weighted by Crippen LogP contribution is 2.05. The summed E-state index contributed by atoms with van der Waals surface area (Å²) >= 11 is 0. The van der Waals surface area contributed by atoms with Gasteiger partial charge in [-0.2, -0.15) is 0 Å². The molecule has 0 bridgehead atoms. The van der Waals surface area contributed by atoms with E-state index < -0.39 is 0 Å². The SMILES string of the molecule is C#CC(C)NCC1CCCCN1. The van der Waals surface area contributed by atoms with E-state index in [-0.39, 0.29) is 6.04 Å². The highest BCUT2D eigenvalue weighted by molar-refractivity contribution is 4.96. The summed E-state index contributed by atoms with van der Waals surface area (Å²) in [6.07, 6.45) is 9.21. The van der Waals surface area contributed by atoms with Gasteiger partial charge in [0.25, 0.3) is 0 Å². The molecule has 12 heavy (non-hydrogen) atoms. The van der Waals surface area contributed by atoms with Gasteiger partial charge in [0.1, 0.15) is 0 Å². The molecule has 0 amide bonds. The maximum Gasteiger partial charge on any atom is 0.0658 e. The second-order valence-corrected chi connectivity index (χ2v) is 3.44. The van der Waals surface area contributed by atoms with Crippen molar-refractivity contribution in [3.63, 3.8) is 0 Å². The predicted octanol–water partition coefficient (Wildman–Crippen LogP) is 0.740. The van der Waals surface area contributed by atoms with Gasteiger partial charge >= 0.3 is 0 Å². The lowest BCUT2D eigenvalue weighted by Crippen LogP contribution is -2.43. The summed E-state index contributed by atoms with van der Waals surface area (Å²) in [5.41, 5.74) is 0. The highest BCUT2D eigenvalue weighted by atomic mass is 15.0. The molecule has 2 unspecified atom stereocenters. The van der Waals surface area contributed by atoms with Crippen LogP contribution in [0.2, 0.25) is 0 Å². The predicted molar refractivity (Wildman–Crippen MR) is 51.9 cm³/mol. The molecule has 0 radical (unpaired) electrons. The fraction of sp³-hybridized carbons (Fsp3) is 0.800. The van der Waals surface area contributed by atoms with Crippen LogP contribution in [0.1, 0.15) is 26.2 Å². The Morgan fingerprint density at radius 3 is 3.08 bits per heavy atom. The second kappa shape index (κ2) is 5.18. The first-order chi connectivity index (χ1) is 5.83. The van der Waals surface area contributed by atoms with Crippen LogP contribution in [0.4, 0.5) is 0 Å². The van der Waals surface area contributed by atoms with Gasteiger partial charge in [-0.15, -0.1) is 6.42 Å². The van der Waals surface area contributed by atoms with E-state index in [1.54, 1.807) is 0 Å². The number of hydrogen-bond acceptors (Lipinski definition) is 2. The van der Waals surface area contributed by atoms with Crippen molar-refractivity contribution in [2.24, 2.45) is 0 Å². The lowest BCUT2D eigenvalue weighted by molar-refractivity contribution is 0.380. The molecule has 0 spiro atoms. The van der Waals surface area contributed by atoms with Crippen molar-refractivity contribution in [1.82, 2.24) is 10.6 Å². The molecule has 2 atom stereocenters. The van der Waals surface area contributed by atoms with Gasteiger partial charge in [0.2, 0.25) is 0 Å². The Bertz CT molecular complexity index is 154. The summed E-state index contributed by atoms with van der Waals surface area (Å²) in [7, 11) is 0. The average molecular weight is 166 g/mol. The largest absolute Gasteiger partial charge is 0.313 e. The van der Waals surface area contributed by atoms with E-state index in [0.717, 1.165) is 13.1 Å². The summed E-state index contributed by atoms with van der Waals surface area (Å²) in [6.45, 7) is 4.19. The zero-order valence-corrected chi connectivity index (χ0v) is 7.77. The van der Waals surface area contributed by atoms with Gasteiger partial charge in [-0.3, -0.25) is 0 Å². The van der Waals surface area contributed by atoms with Crippen LogP contribution in [0.15, 0.2) is 0 Å². The van der Waals surface area contributed by atoms with Crippen LogP contribution in [-0.4, -0.2) is 25.2 Å². The zero-order chi connectivity index (χ0) is 8.81. The lowest BCUT2D eigenvalue weighted by atomic mass is 10.1. The Labute approximate surface area is 75.1 Å². The molecule has 1 saturated heterocycles. The fourth-order valence-electron chi connectivity index (χ4n) is 1.48. The van der Waals surface area contributed by atoms with E-state index in [2.05, 4.69) is 16.6 Å². The molecular weight excluding hydrogens is 148 g/mol. The number of nitrogens with one attached hydrogen (secondary N) is 2. The van der Waals surface area contributed by atoms with Crippen LogP contribution in [0, 0.1) is 12.3 Å². The molecule has 1 rings (SSSR count). The van der Waals surface area contributed by atoms with E-state index in [1.165, 1.54) is 19.3 Å². The zero-order valence-electron chi connectivity index (χ0n) is 7.77. The second-order valence-electron chi connectivity index (χ2n) is 3.44. The smallest absolute Gasteiger partial charge is 0.0658 e. The van der Waals surface area contributed by atoms with E-state index >= 15 is 0 Å². The van der Waals surface area contributed by atoms with Crippen molar-refractivity contribution in [1.29, 1.82) is 0 Å². The van der Waals surface area contributed by atoms with Gasteiger partial charge in [0.05, 0.1) is 6.04 Å². The fourth-order valence-corrected chi connectivity index (χ4v) is 1.48. The number of terminal acetylenes is 1. The first kappa shape index (κ1) is 9.57. The van der Waals surface area contributed by atoms with Crippen molar-refractivity contribution in [3.05, 3.63) is 0 Å². The summed E-state index contributed by atoms with van der Waals surface area (Å²) in [6, 6.07) is 0.836. The third-order valence-electron chi connectivity index (χ3n) is 2.33. The maximum absolute atomic E-state index is 5.25. The number of rotatable bonds is 3. The van der Waals surface area contributed by atoms with Crippen molar-refractivity contribution in [2.45, 2.75) is 38.3 Å². The molecule has 0 aromatic rings. The first-order valence-corrected chi connectivity index (χ1v) is 4.76. The molecule has 0 saturated carbocycles. The first-order valence-electron chi connectivity index (χ1n) is 4.76. The minimum absolute atomic E-state index is 0.203. The topological polar surface area (TPSA) is 24.1 Å². The van der Waals surface area contributed by atoms with Crippen molar-refractivity contribution in [3.8, 4) is 12.3 Å². The van der Waals surface area contributed by atoms with Crippen LogP contribution >= 0.6 is 0 Å². The van der Waals surface area contributed by atoms with E-state index in [9.17, 15) is 0 Å². The molecule has 2 nitrogen and oxygen atoms in total. The average Bonchev–Trinajstić information content (AvgIpc) is 2.16. The Hall–Kier alpha value is -0.520. The summed E-state index contributed by atoms with van der Waals surface area (Å²) in [5.74, 6) is 2.67. The molecule has 1 aliphatic heterocycles. The maximum atomic E-state index is 5.25. The third-order valence-corrected chi connectivity index (χ3v) is 2.33. The van der Waals surface area contributed by atoms with Crippen LogP contribution < -0.4 is 10.6 Å². The van der Waals surface area contributed by atoms with Crippen LogP contribution in [0.3, 0.4) is 0 Å². The summed E-state index contributed by atoms with van der Waals surface area (Å²) in [5, 5.41) is 6.77. The Morgan fingerprint density at radius 2 is 2.50 bits per heavy atom. The van der Waals surface area contributed by atoms with Gasteiger partial charge in [-0.25, -0.2) is 0 Å². The number of piperidine rings is 1. The molecule has 0 aliphatic carbocycles. The molecule has 0 aromatic carbocycles. The summed E-state index contributed by atoms with van der Waals surface area (Å²) in [4.78, 5) is 0. The molecule has 1 heterocycles. The van der Waals surface area contributed by atoms with Crippen LogP contribution in [0.25, 0.3) is 0 Å². The van der Waals surface area contributed by atoms with Gasteiger partial charge in [0, 0.05) is 12.6 Å². The van der Waals surface area contributed by atoms with Crippen molar-refractivity contribution >= 4 is 0 Å². The molecule has 1 fully saturated rings. The van der Waals surface area contributed by atoms with E-state index in [4.69, 9.17) is 6.42 Å². The van der Waals surface area contributed by atoms with E-state index in [1.807, 2.05) is 6.92 Å².